The monoisotopic (exact) mass is 224 g/mol. The van der Waals surface area contributed by atoms with Gasteiger partial charge in [-0.15, -0.1) is 0 Å². The van der Waals surface area contributed by atoms with E-state index in [-0.39, 0.29) is 5.54 Å². The summed E-state index contributed by atoms with van der Waals surface area (Å²) in [6.45, 7) is 10.4. The maximum absolute atomic E-state index is 6.18. The molecule has 0 aromatic rings. The van der Waals surface area contributed by atoms with Gasteiger partial charge in [0.2, 0.25) is 0 Å². The van der Waals surface area contributed by atoms with Crippen LogP contribution < -0.4 is 5.73 Å². The molecule has 2 fully saturated rings. The lowest BCUT2D eigenvalue weighted by molar-refractivity contribution is 0.0131. The molecule has 2 rings (SSSR count). The summed E-state index contributed by atoms with van der Waals surface area (Å²) in [5.41, 5.74) is 6.85. The Morgan fingerprint density at radius 3 is 2.31 bits per heavy atom. The van der Waals surface area contributed by atoms with Crippen LogP contribution in [-0.2, 0) is 0 Å². The van der Waals surface area contributed by atoms with Crippen molar-refractivity contribution in [2.45, 2.75) is 58.4 Å². The van der Waals surface area contributed by atoms with E-state index in [1.165, 1.54) is 38.6 Å². The van der Waals surface area contributed by atoms with Gasteiger partial charge in [0.25, 0.3) is 0 Å². The Morgan fingerprint density at radius 2 is 1.94 bits per heavy atom. The number of hydrogen-bond acceptors (Lipinski definition) is 2. The minimum absolute atomic E-state index is 0.282. The zero-order chi connectivity index (χ0) is 11.8. The first-order chi connectivity index (χ1) is 7.55. The van der Waals surface area contributed by atoms with E-state index < -0.39 is 0 Å². The van der Waals surface area contributed by atoms with E-state index in [2.05, 4.69) is 25.7 Å². The lowest BCUT2D eigenvalue weighted by atomic mass is 9.73. The van der Waals surface area contributed by atoms with E-state index in [0.717, 1.165) is 19.0 Å². The van der Waals surface area contributed by atoms with E-state index >= 15 is 0 Å². The third kappa shape index (κ3) is 1.91. The second-order valence-corrected chi connectivity index (χ2v) is 6.46. The molecule has 2 aliphatic carbocycles. The van der Waals surface area contributed by atoms with Crippen molar-refractivity contribution in [3.8, 4) is 0 Å². The zero-order valence-corrected chi connectivity index (χ0v) is 11.3. The quantitative estimate of drug-likeness (QED) is 0.778. The molecule has 1 unspecified atom stereocenters. The summed E-state index contributed by atoms with van der Waals surface area (Å²) in [6.07, 6.45) is 6.88. The summed E-state index contributed by atoms with van der Waals surface area (Å²) in [6, 6.07) is 0. The number of nitrogens with two attached hydrogens (primary N) is 1. The SMILES string of the molecule is CCN(CC1CC1)C1(CN)CCCC1(C)C. The Balaban J connectivity index is 2.16. The fraction of sp³-hybridized carbons (Fsp3) is 1.00. The molecule has 16 heavy (non-hydrogen) atoms. The second kappa shape index (κ2) is 4.30. The molecule has 0 bridgehead atoms. The molecule has 2 aliphatic rings. The molecule has 0 radical (unpaired) electrons. The Labute approximate surface area is 101 Å². The van der Waals surface area contributed by atoms with Crippen molar-refractivity contribution >= 4 is 0 Å². The van der Waals surface area contributed by atoms with Crippen LogP contribution in [-0.4, -0.2) is 30.1 Å². The van der Waals surface area contributed by atoms with Gasteiger partial charge in [0.05, 0.1) is 0 Å². The Morgan fingerprint density at radius 1 is 1.25 bits per heavy atom. The lowest BCUT2D eigenvalue weighted by Crippen LogP contribution is -2.60. The van der Waals surface area contributed by atoms with Crippen LogP contribution in [0.25, 0.3) is 0 Å². The third-order valence-electron chi connectivity index (χ3n) is 5.15. The number of rotatable bonds is 5. The highest BCUT2D eigenvalue weighted by Gasteiger charge is 2.51. The van der Waals surface area contributed by atoms with Crippen molar-refractivity contribution in [2.75, 3.05) is 19.6 Å². The molecule has 2 N–H and O–H groups in total. The van der Waals surface area contributed by atoms with Gasteiger partial charge in [0.1, 0.15) is 0 Å². The molecule has 0 heterocycles. The molecule has 2 nitrogen and oxygen atoms in total. The average Bonchev–Trinajstić information content (AvgIpc) is 3.00. The molecule has 0 aromatic heterocycles. The second-order valence-electron chi connectivity index (χ2n) is 6.46. The fourth-order valence-electron chi connectivity index (χ4n) is 3.71. The van der Waals surface area contributed by atoms with E-state index in [9.17, 15) is 0 Å². The molecule has 2 saturated carbocycles. The van der Waals surface area contributed by atoms with E-state index in [4.69, 9.17) is 5.73 Å². The van der Waals surface area contributed by atoms with Crippen LogP contribution >= 0.6 is 0 Å². The molecular weight excluding hydrogens is 196 g/mol. The minimum atomic E-state index is 0.282. The minimum Gasteiger partial charge on any atom is -0.329 e. The largest absolute Gasteiger partial charge is 0.329 e. The summed E-state index contributed by atoms with van der Waals surface area (Å²) in [4.78, 5) is 2.71. The van der Waals surface area contributed by atoms with E-state index in [1.54, 1.807) is 0 Å². The zero-order valence-electron chi connectivity index (χ0n) is 11.3. The van der Waals surface area contributed by atoms with Crippen molar-refractivity contribution < 1.29 is 0 Å². The predicted octanol–water partition coefficient (Wildman–Crippen LogP) is 2.63. The van der Waals surface area contributed by atoms with E-state index in [1.807, 2.05) is 0 Å². The van der Waals surface area contributed by atoms with Crippen LogP contribution in [0.2, 0.25) is 0 Å². The van der Waals surface area contributed by atoms with Crippen molar-refractivity contribution in [3.63, 3.8) is 0 Å². The van der Waals surface area contributed by atoms with Crippen molar-refractivity contribution in [3.05, 3.63) is 0 Å². The maximum atomic E-state index is 6.18. The molecule has 0 saturated heterocycles. The Kier molecular flexibility index (Phi) is 3.33. The standard InChI is InChI=1S/C14H28N2/c1-4-16(10-12-6-7-12)14(11-15)9-5-8-13(14,2)3/h12H,4-11,15H2,1-3H3. The summed E-state index contributed by atoms with van der Waals surface area (Å²) in [7, 11) is 0. The highest BCUT2D eigenvalue weighted by Crippen LogP contribution is 2.50. The van der Waals surface area contributed by atoms with Gasteiger partial charge < -0.3 is 5.73 Å². The van der Waals surface area contributed by atoms with Gasteiger partial charge in [-0.3, -0.25) is 4.90 Å². The summed E-state index contributed by atoms with van der Waals surface area (Å²) < 4.78 is 0. The number of likely N-dealkylation sites (N-methyl/N-ethyl adjacent to an activating group) is 1. The Hall–Kier alpha value is -0.0800. The van der Waals surface area contributed by atoms with Crippen LogP contribution in [0, 0.1) is 11.3 Å². The van der Waals surface area contributed by atoms with Crippen LogP contribution in [0.4, 0.5) is 0 Å². The highest BCUT2D eigenvalue weighted by molar-refractivity contribution is 5.07. The molecule has 2 heteroatoms. The van der Waals surface area contributed by atoms with Gasteiger partial charge in [0.15, 0.2) is 0 Å². The van der Waals surface area contributed by atoms with Crippen LogP contribution in [0.5, 0.6) is 0 Å². The molecule has 0 spiro atoms. The first-order valence-corrected chi connectivity index (χ1v) is 7.01. The summed E-state index contributed by atoms with van der Waals surface area (Å²) >= 11 is 0. The highest BCUT2D eigenvalue weighted by atomic mass is 15.2. The van der Waals surface area contributed by atoms with Gasteiger partial charge >= 0.3 is 0 Å². The lowest BCUT2D eigenvalue weighted by Gasteiger charge is -2.49. The first-order valence-electron chi connectivity index (χ1n) is 7.01. The number of hydrogen-bond donors (Lipinski definition) is 1. The van der Waals surface area contributed by atoms with Gasteiger partial charge in [-0.25, -0.2) is 0 Å². The van der Waals surface area contributed by atoms with E-state index in [0.29, 0.717) is 5.41 Å². The molecule has 94 valence electrons. The molecule has 0 aliphatic heterocycles. The summed E-state index contributed by atoms with van der Waals surface area (Å²) in [5.74, 6) is 0.972. The molecular formula is C14H28N2. The van der Waals surface area contributed by atoms with Gasteiger partial charge in [-0.1, -0.05) is 27.2 Å². The molecule has 1 atom stereocenters. The summed E-state index contributed by atoms with van der Waals surface area (Å²) in [5, 5.41) is 0. The molecule has 0 amide bonds. The van der Waals surface area contributed by atoms with Crippen molar-refractivity contribution in [1.82, 2.24) is 4.90 Å². The third-order valence-corrected chi connectivity index (χ3v) is 5.15. The molecule has 0 aromatic carbocycles. The smallest absolute Gasteiger partial charge is 0.0382 e. The Bertz CT molecular complexity index is 245. The van der Waals surface area contributed by atoms with Crippen molar-refractivity contribution in [2.24, 2.45) is 17.1 Å². The predicted molar refractivity (Wildman–Crippen MR) is 69.4 cm³/mol. The normalized spacial score (nSPS) is 33.6. The van der Waals surface area contributed by atoms with Gasteiger partial charge in [0, 0.05) is 18.6 Å². The van der Waals surface area contributed by atoms with Gasteiger partial charge in [-0.2, -0.15) is 0 Å². The van der Waals surface area contributed by atoms with Crippen LogP contribution in [0.15, 0.2) is 0 Å². The van der Waals surface area contributed by atoms with Gasteiger partial charge in [-0.05, 0) is 43.6 Å². The topological polar surface area (TPSA) is 29.3 Å². The fourth-order valence-corrected chi connectivity index (χ4v) is 3.71. The van der Waals surface area contributed by atoms with Crippen LogP contribution in [0.1, 0.15) is 52.9 Å². The first kappa shape index (κ1) is 12.4. The number of nitrogens with zero attached hydrogens (tertiary/aromatic N) is 1. The van der Waals surface area contributed by atoms with Crippen molar-refractivity contribution in [1.29, 1.82) is 0 Å². The average molecular weight is 224 g/mol. The van der Waals surface area contributed by atoms with Crippen LogP contribution in [0.3, 0.4) is 0 Å². The maximum Gasteiger partial charge on any atom is 0.0382 e.